The zero-order valence-electron chi connectivity index (χ0n) is 11.2. The van der Waals surface area contributed by atoms with Crippen LogP contribution in [0.15, 0.2) is 46.9 Å². The Kier molecular flexibility index (Phi) is 4.61. The maximum atomic E-state index is 6.29. The number of aryl methyl sites for hydroxylation is 1. The first-order chi connectivity index (χ1) is 9.10. The van der Waals surface area contributed by atoms with Gasteiger partial charge in [-0.05, 0) is 42.7 Å². The van der Waals surface area contributed by atoms with Crippen LogP contribution in [0.2, 0.25) is 0 Å². The predicted octanol–water partition coefficient (Wildman–Crippen LogP) is 4.01. The molecule has 0 saturated heterocycles. The van der Waals surface area contributed by atoms with E-state index in [4.69, 9.17) is 10.5 Å². The molecule has 2 N–H and O–H groups in total. The molecule has 3 heteroatoms. The molecular weight excluding hydrogens is 302 g/mol. The van der Waals surface area contributed by atoms with Crippen LogP contribution in [0, 0.1) is 6.92 Å². The van der Waals surface area contributed by atoms with Crippen LogP contribution in [0.25, 0.3) is 0 Å². The largest absolute Gasteiger partial charge is 0.497 e. The monoisotopic (exact) mass is 319 g/mol. The highest BCUT2D eigenvalue weighted by Crippen LogP contribution is 2.26. The summed E-state index contributed by atoms with van der Waals surface area (Å²) >= 11 is 3.56. The normalized spacial score (nSPS) is 12.2. The number of benzene rings is 2. The van der Waals surface area contributed by atoms with Crippen LogP contribution in [-0.4, -0.2) is 7.11 Å². The first kappa shape index (κ1) is 14.1. The Morgan fingerprint density at radius 3 is 2.68 bits per heavy atom. The fourth-order valence-electron chi connectivity index (χ4n) is 2.09. The molecule has 19 heavy (non-hydrogen) atoms. The van der Waals surface area contributed by atoms with Crippen molar-refractivity contribution in [2.24, 2.45) is 5.73 Å². The van der Waals surface area contributed by atoms with Crippen molar-refractivity contribution in [1.29, 1.82) is 0 Å². The van der Waals surface area contributed by atoms with Crippen molar-refractivity contribution >= 4 is 15.9 Å². The fourth-order valence-corrected chi connectivity index (χ4v) is 2.50. The second-order valence-electron chi connectivity index (χ2n) is 4.68. The Labute approximate surface area is 122 Å². The minimum atomic E-state index is -0.0108. The lowest BCUT2D eigenvalue weighted by molar-refractivity contribution is 0.414. The van der Waals surface area contributed by atoms with Crippen molar-refractivity contribution < 1.29 is 4.74 Å². The highest BCUT2D eigenvalue weighted by molar-refractivity contribution is 9.10. The van der Waals surface area contributed by atoms with Crippen molar-refractivity contribution in [2.75, 3.05) is 7.11 Å². The second kappa shape index (κ2) is 6.22. The number of ether oxygens (including phenoxy) is 1. The summed E-state index contributed by atoms with van der Waals surface area (Å²) in [6.45, 7) is 2.08. The second-order valence-corrected chi connectivity index (χ2v) is 5.54. The molecule has 0 aliphatic rings. The molecule has 0 heterocycles. The van der Waals surface area contributed by atoms with Crippen LogP contribution in [-0.2, 0) is 6.42 Å². The molecule has 2 nitrogen and oxygen atoms in total. The molecule has 0 bridgehead atoms. The van der Waals surface area contributed by atoms with Gasteiger partial charge in [-0.1, -0.05) is 45.8 Å². The Morgan fingerprint density at radius 1 is 1.21 bits per heavy atom. The maximum absolute atomic E-state index is 6.29. The van der Waals surface area contributed by atoms with E-state index in [1.807, 2.05) is 24.3 Å². The van der Waals surface area contributed by atoms with Crippen molar-refractivity contribution in [3.8, 4) is 5.75 Å². The Morgan fingerprint density at radius 2 is 2.00 bits per heavy atom. The van der Waals surface area contributed by atoms with E-state index >= 15 is 0 Å². The van der Waals surface area contributed by atoms with E-state index in [2.05, 4.69) is 41.1 Å². The molecule has 0 aliphatic heterocycles. The lowest BCUT2D eigenvalue weighted by Gasteiger charge is -2.14. The van der Waals surface area contributed by atoms with Gasteiger partial charge in [0.25, 0.3) is 0 Å². The van der Waals surface area contributed by atoms with Crippen LogP contribution in [0.4, 0.5) is 0 Å². The van der Waals surface area contributed by atoms with Gasteiger partial charge in [-0.3, -0.25) is 0 Å². The SMILES string of the molecule is COc1ccc(Br)c(CC(N)c2cccc(C)c2)c1. The number of nitrogens with two attached hydrogens (primary N) is 1. The zero-order valence-corrected chi connectivity index (χ0v) is 12.8. The number of methoxy groups -OCH3 is 1. The lowest BCUT2D eigenvalue weighted by atomic mass is 9.98. The van der Waals surface area contributed by atoms with E-state index < -0.39 is 0 Å². The molecular formula is C16H18BrNO. The lowest BCUT2D eigenvalue weighted by Crippen LogP contribution is -2.13. The molecule has 0 saturated carbocycles. The average Bonchev–Trinajstić information content (AvgIpc) is 2.41. The molecule has 0 fully saturated rings. The summed E-state index contributed by atoms with van der Waals surface area (Å²) < 4.78 is 6.32. The summed E-state index contributed by atoms with van der Waals surface area (Å²) in [5.74, 6) is 0.856. The van der Waals surface area contributed by atoms with Crippen LogP contribution < -0.4 is 10.5 Å². The maximum Gasteiger partial charge on any atom is 0.119 e. The Bertz CT molecular complexity index is 568. The van der Waals surface area contributed by atoms with Gasteiger partial charge in [0.15, 0.2) is 0 Å². The van der Waals surface area contributed by atoms with E-state index in [1.165, 1.54) is 5.56 Å². The van der Waals surface area contributed by atoms with Gasteiger partial charge in [-0.15, -0.1) is 0 Å². The van der Waals surface area contributed by atoms with Gasteiger partial charge in [-0.25, -0.2) is 0 Å². The number of hydrogen-bond donors (Lipinski definition) is 1. The molecule has 1 atom stereocenters. The minimum Gasteiger partial charge on any atom is -0.497 e. The molecule has 2 aromatic rings. The summed E-state index contributed by atoms with van der Waals surface area (Å²) in [6.07, 6.45) is 0.779. The number of halogens is 1. The smallest absolute Gasteiger partial charge is 0.119 e. The van der Waals surface area contributed by atoms with E-state index in [-0.39, 0.29) is 6.04 Å². The van der Waals surface area contributed by atoms with Crippen molar-refractivity contribution in [3.05, 3.63) is 63.6 Å². The third kappa shape index (κ3) is 3.58. The molecule has 0 aromatic heterocycles. The highest BCUT2D eigenvalue weighted by atomic mass is 79.9. The van der Waals surface area contributed by atoms with Crippen molar-refractivity contribution in [1.82, 2.24) is 0 Å². The van der Waals surface area contributed by atoms with Gasteiger partial charge in [-0.2, -0.15) is 0 Å². The molecule has 100 valence electrons. The van der Waals surface area contributed by atoms with Crippen LogP contribution in [0.1, 0.15) is 22.7 Å². The summed E-state index contributed by atoms with van der Waals surface area (Å²) in [7, 11) is 1.67. The summed E-state index contributed by atoms with van der Waals surface area (Å²) in [4.78, 5) is 0. The first-order valence-electron chi connectivity index (χ1n) is 6.24. The molecule has 0 aliphatic carbocycles. The third-order valence-corrected chi connectivity index (χ3v) is 3.94. The van der Waals surface area contributed by atoms with Gasteiger partial charge >= 0.3 is 0 Å². The van der Waals surface area contributed by atoms with Gasteiger partial charge in [0, 0.05) is 10.5 Å². The molecule has 0 amide bonds. The third-order valence-electron chi connectivity index (χ3n) is 3.16. The van der Waals surface area contributed by atoms with E-state index in [9.17, 15) is 0 Å². The summed E-state index contributed by atoms with van der Waals surface area (Å²) in [6, 6.07) is 14.3. The Hall–Kier alpha value is -1.32. The van der Waals surface area contributed by atoms with Crippen LogP contribution in [0.3, 0.4) is 0 Å². The topological polar surface area (TPSA) is 35.2 Å². The molecule has 1 unspecified atom stereocenters. The van der Waals surface area contributed by atoms with Crippen molar-refractivity contribution in [2.45, 2.75) is 19.4 Å². The standard InChI is InChI=1S/C16H18BrNO/c1-11-4-3-5-12(8-11)16(18)10-13-9-14(19-2)6-7-15(13)17/h3-9,16H,10,18H2,1-2H3. The van der Waals surface area contributed by atoms with Crippen LogP contribution in [0.5, 0.6) is 5.75 Å². The molecule has 2 aromatic carbocycles. The van der Waals surface area contributed by atoms with E-state index in [1.54, 1.807) is 7.11 Å². The van der Waals surface area contributed by atoms with E-state index in [0.717, 1.165) is 27.8 Å². The first-order valence-corrected chi connectivity index (χ1v) is 7.04. The van der Waals surface area contributed by atoms with Gasteiger partial charge in [0.2, 0.25) is 0 Å². The van der Waals surface area contributed by atoms with Crippen molar-refractivity contribution in [3.63, 3.8) is 0 Å². The summed E-state index contributed by atoms with van der Waals surface area (Å²) in [5.41, 5.74) is 9.85. The van der Waals surface area contributed by atoms with Gasteiger partial charge in [0.1, 0.15) is 5.75 Å². The summed E-state index contributed by atoms with van der Waals surface area (Å²) in [5, 5.41) is 0. The minimum absolute atomic E-state index is 0.0108. The molecule has 2 rings (SSSR count). The Balaban J connectivity index is 2.21. The van der Waals surface area contributed by atoms with Gasteiger partial charge in [0.05, 0.1) is 7.11 Å². The molecule has 0 spiro atoms. The number of rotatable bonds is 4. The predicted molar refractivity (Wildman–Crippen MR) is 82.5 cm³/mol. The van der Waals surface area contributed by atoms with E-state index in [0.29, 0.717) is 0 Å². The highest BCUT2D eigenvalue weighted by Gasteiger charge is 2.10. The fraction of sp³-hybridized carbons (Fsp3) is 0.250. The average molecular weight is 320 g/mol. The van der Waals surface area contributed by atoms with Crippen LogP contribution >= 0.6 is 15.9 Å². The quantitative estimate of drug-likeness (QED) is 0.924. The van der Waals surface area contributed by atoms with Gasteiger partial charge < -0.3 is 10.5 Å². The number of hydrogen-bond acceptors (Lipinski definition) is 2. The molecule has 0 radical (unpaired) electrons. The zero-order chi connectivity index (χ0) is 13.8.